The molecule has 24 heavy (non-hydrogen) atoms. The molecule has 1 unspecified atom stereocenters. The Morgan fingerprint density at radius 3 is 2.29 bits per heavy atom. The molecule has 1 aromatic rings. The second kappa shape index (κ2) is 8.50. The van der Waals surface area contributed by atoms with Crippen LogP contribution in [-0.2, 0) is 13.6 Å². The number of phenolic OH excluding ortho intramolecular Hbond substituents is 1. The van der Waals surface area contributed by atoms with Gasteiger partial charge in [-0.25, -0.2) is 0 Å². The summed E-state index contributed by atoms with van der Waals surface area (Å²) in [5.74, 6) is -2.69. The molecule has 0 amide bonds. The Hall–Kier alpha value is -1.57. The third kappa shape index (κ3) is 5.22. The third-order valence-electron chi connectivity index (χ3n) is 2.80. The molecule has 0 bridgehead atoms. The standard InChI is InChI=1S/C14H19F3NO5P/c1-4-22-24(20,23-5-2)13(14(15,16)17)18-9-10-6-7-11(21-3)8-12(10)19/h6-9,13,19H,4-5H2,1-3H3. The summed E-state index contributed by atoms with van der Waals surface area (Å²) in [6.07, 6.45) is -4.17. The fraction of sp³-hybridized carbons (Fsp3) is 0.500. The van der Waals surface area contributed by atoms with Crippen LogP contribution in [0.15, 0.2) is 23.2 Å². The van der Waals surface area contributed by atoms with E-state index >= 15 is 0 Å². The average Bonchev–Trinajstić information content (AvgIpc) is 2.47. The Balaban J connectivity index is 3.21. The predicted molar refractivity (Wildman–Crippen MR) is 83.0 cm³/mol. The molecule has 1 N–H and O–H groups in total. The van der Waals surface area contributed by atoms with Crippen LogP contribution in [0.1, 0.15) is 19.4 Å². The number of phenols is 1. The molecule has 1 atom stereocenters. The predicted octanol–water partition coefficient (Wildman–Crippen LogP) is 3.97. The minimum atomic E-state index is -4.95. The van der Waals surface area contributed by atoms with Gasteiger partial charge < -0.3 is 18.9 Å². The fourth-order valence-electron chi connectivity index (χ4n) is 1.79. The molecule has 10 heteroatoms. The van der Waals surface area contributed by atoms with Crippen molar-refractivity contribution in [2.75, 3.05) is 20.3 Å². The first-order chi connectivity index (χ1) is 11.2. The van der Waals surface area contributed by atoms with E-state index in [0.717, 1.165) is 6.21 Å². The summed E-state index contributed by atoms with van der Waals surface area (Å²) >= 11 is 0. The summed E-state index contributed by atoms with van der Waals surface area (Å²) in [5.41, 5.74) is 0.00426. The van der Waals surface area contributed by atoms with Gasteiger partial charge in [0.05, 0.1) is 20.3 Å². The van der Waals surface area contributed by atoms with E-state index in [4.69, 9.17) is 13.8 Å². The number of nitrogens with zero attached hydrogens (tertiary/aromatic N) is 1. The van der Waals surface area contributed by atoms with Crippen molar-refractivity contribution in [2.45, 2.75) is 25.8 Å². The molecule has 1 rings (SSSR count). The monoisotopic (exact) mass is 369 g/mol. The Kier molecular flexibility index (Phi) is 7.26. The van der Waals surface area contributed by atoms with Crippen LogP contribution in [-0.4, -0.2) is 43.6 Å². The molecule has 0 aliphatic rings. The molecular weight excluding hydrogens is 350 g/mol. The second-order valence-corrected chi connectivity index (χ2v) is 6.58. The highest BCUT2D eigenvalue weighted by atomic mass is 31.2. The first kappa shape index (κ1) is 20.5. The van der Waals surface area contributed by atoms with E-state index in [0.29, 0.717) is 5.75 Å². The van der Waals surface area contributed by atoms with Gasteiger partial charge in [0.25, 0.3) is 0 Å². The number of benzene rings is 1. The molecule has 0 aromatic heterocycles. The van der Waals surface area contributed by atoms with E-state index in [9.17, 15) is 22.8 Å². The van der Waals surface area contributed by atoms with Gasteiger partial charge in [0.1, 0.15) is 11.5 Å². The zero-order valence-corrected chi connectivity index (χ0v) is 14.3. The maximum Gasteiger partial charge on any atom is 0.422 e. The van der Waals surface area contributed by atoms with Crippen molar-refractivity contribution in [3.8, 4) is 11.5 Å². The van der Waals surface area contributed by atoms with Crippen LogP contribution in [0.5, 0.6) is 11.5 Å². The minimum absolute atomic E-state index is 0.00426. The molecule has 0 aliphatic heterocycles. The number of alkyl halides is 3. The Morgan fingerprint density at radius 1 is 1.29 bits per heavy atom. The Labute approximate surface area is 137 Å². The molecule has 6 nitrogen and oxygen atoms in total. The van der Waals surface area contributed by atoms with Crippen LogP contribution in [0.4, 0.5) is 13.2 Å². The Bertz CT molecular complexity index is 611. The van der Waals surface area contributed by atoms with Crippen LogP contribution in [0.3, 0.4) is 0 Å². The number of methoxy groups -OCH3 is 1. The van der Waals surface area contributed by atoms with Gasteiger partial charge in [-0.1, -0.05) is 0 Å². The van der Waals surface area contributed by atoms with Gasteiger partial charge in [-0.05, 0) is 26.0 Å². The molecule has 0 saturated heterocycles. The number of rotatable bonds is 8. The highest BCUT2D eigenvalue weighted by molar-refractivity contribution is 7.54. The van der Waals surface area contributed by atoms with Gasteiger partial charge in [0.2, 0.25) is 5.78 Å². The molecule has 1 aromatic carbocycles. The Morgan fingerprint density at radius 2 is 1.88 bits per heavy atom. The lowest BCUT2D eigenvalue weighted by Crippen LogP contribution is -2.29. The first-order valence-electron chi connectivity index (χ1n) is 7.03. The maximum atomic E-state index is 13.3. The summed E-state index contributed by atoms with van der Waals surface area (Å²) in [4.78, 5) is 3.33. The summed E-state index contributed by atoms with van der Waals surface area (Å²) in [6, 6.07) is 3.97. The third-order valence-corrected chi connectivity index (χ3v) is 5.06. The summed E-state index contributed by atoms with van der Waals surface area (Å²) in [5, 5.41) is 9.76. The molecule has 136 valence electrons. The van der Waals surface area contributed by atoms with E-state index in [-0.39, 0.29) is 24.5 Å². The summed E-state index contributed by atoms with van der Waals surface area (Å²) in [7, 11) is -3.17. The van der Waals surface area contributed by atoms with Crippen LogP contribution in [0, 0.1) is 0 Å². The van der Waals surface area contributed by atoms with E-state index in [2.05, 4.69) is 4.99 Å². The molecule has 0 fully saturated rings. The molecule has 0 spiro atoms. The van der Waals surface area contributed by atoms with Crippen molar-refractivity contribution >= 4 is 13.8 Å². The number of aliphatic imine (C=N–C) groups is 1. The number of ether oxygens (including phenoxy) is 1. The van der Waals surface area contributed by atoms with Gasteiger partial charge in [-0.2, -0.15) is 13.2 Å². The van der Waals surface area contributed by atoms with E-state index in [1.54, 1.807) is 0 Å². The quantitative estimate of drug-likeness (QED) is 0.554. The van der Waals surface area contributed by atoms with Crippen LogP contribution >= 0.6 is 7.60 Å². The van der Waals surface area contributed by atoms with Crippen molar-refractivity contribution in [1.29, 1.82) is 0 Å². The van der Waals surface area contributed by atoms with Gasteiger partial charge in [-0.3, -0.25) is 9.56 Å². The highest BCUT2D eigenvalue weighted by Crippen LogP contribution is 2.58. The highest BCUT2D eigenvalue weighted by Gasteiger charge is 2.53. The topological polar surface area (TPSA) is 77.4 Å². The minimum Gasteiger partial charge on any atom is -0.507 e. The largest absolute Gasteiger partial charge is 0.507 e. The van der Waals surface area contributed by atoms with E-state index in [1.807, 2.05) is 0 Å². The van der Waals surface area contributed by atoms with Crippen molar-refractivity contribution < 1.29 is 36.6 Å². The molecule has 0 aliphatic carbocycles. The summed E-state index contributed by atoms with van der Waals surface area (Å²) in [6.45, 7) is 2.34. The number of aromatic hydroxyl groups is 1. The van der Waals surface area contributed by atoms with Gasteiger partial charge in [-0.15, -0.1) is 0 Å². The zero-order chi connectivity index (χ0) is 18.4. The average molecular weight is 369 g/mol. The normalized spacial score (nSPS) is 14.1. The van der Waals surface area contributed by atoms with Gasteiger partial charge in [0.15, 0.2) is 0 Å². The SMILES string of the molecule is CCOP(=O)(OCC)C(N=Cc1ccc(OC)cc1O)C(F)(F)F. The van der Waals surface area contributed by atoms with Crippen molar-refractivity contribution in [3.63, 3.8) is 0 Å². The van der Waals surface area contributed by atoms with Gasteiger partial charge >= 0.3 is 13.8 Å². The lowest BCUT2D eigenvalue weighted by Gasteiger charge is -2.25. The van der Waals surface area contributed by atoms with Crippen molar-refractivity contribution in [2.24, 2.45) is 4.99 Å². The van der Waals surface area contributed by atoms with Crippen molar-refractivity contribution in [1.82, 2.24) is 0 Å². The lowest BCUT2D eigenvalue weighted by atomic mass is 10.2. The van der Waals surface area contributed by atoms with Crippen molar-refractivity contribution in [3.05, 3.63) is 23.8 Å². The fourth-order valence-corrected chi connectivity index (χ4v) is 3.46. The molecule has 0 heterocycles. The lowest BCUT2D eigenvalue weighted by molar-refractivity contribution is -0.133. The molecule has 0 radical (unpaired) electrons. The smallest absolute Gasteiger partial charge is 0.422 e. The summed E-state index contributed by atoms with van der Waals surface area (Å²) < 4.78 is 66.5. The van der Waals surface area contributed by atoms with Crippen LogP contribution < -0.4 is 4.74 Å². The molecular formula is C14H19F3NO5P. The van der Waals surface area contributed by atoms with Gasteiger partial charge in [0, 0.05) is 17.8 Å². The first-order valence-corrected chi connectivity index (χ1v) is 8.64. The van der Waals surface area contributed by atoms with Crippen LogP contribution in [0.2, 0.25) is 0 Å². The second-order valence-electron chi connectivity index (χ2n) is 4.49. The van der Waals surface area contributed by atoms with Crippen LogP contribution in [0.25, 0.3) is 0 Å². The maximum absolute atomic E-state index is 13.3. The zero-order valence-electron chi connectivity index (χ0n) is 13.4. The number of hydrogen-bond acceptors (Lipinski definition) is 6. The molecule has 0 saturated carbocycles. The van der Waals surface area contributed by atoms with E-state index < -0.39 is 19.6 Å². The number of hydrogen-bond donors (Lipinski definition) is 1. The van der Waals surface area contributed by atoms with E-state index in [1.165, 1.54) is 39.2 Å². The number of halogens is 3.